The van der Waals surface area contributed by atoms with Crippen LogP contribution in [0, 0.1) is 41.5 Å². The third-order valence-corrected chi connectivity index (χ3v) is 27.9. The SMILES string of the molecule is Cc1ccc(-c2c(-c3ccc(C)s3)c3sc(-c4cc(CCCCCCBr)c(-c5cc6c(s5)c(-c5ccc(C)s5)c(-c5ccc(C)s5)c5sc(-c7sc(C)c8c9c(sc78)C(=O)N(C)C9=O)cc56)s4)cc3c3cc(C)sc23)s1. The predicted molar refractivity (Wildman–Crippen MR) is 349 cm³/mol. The first-order valence-electron chi connectivity index (χ1n) is 25.2. The Labute approximate surface area is 493 Å². The molecule has 3 nitrogen and oxygen atoms in total. The Hall–Kier alpha value is -3.94. The number of hydrogen-bond donors (Lipinski definition) is 0. The van der Waals surface area contributed by atoms with Crippen molar-refractivity contribution < 1.29 is 9.59 Å². The molecule has 1 aliphatic rings. The van der Waals surface area contributed by atoms with Gasteiger partial charge < -0.3 is 0 Å². The average Bonchev–Trinajstić information content (AvgIpc) is 4.27. The van der Waals surface area contributed by atoms with Crippen LogP contribution in [0.1, 0.15) is 80.5 Å². The van der Waals surface area contributed by atoms with Crippen LogP contribution in [-0.4, -0.2) is 29.1 Å². The number of unbranched alkanes of at least 4 members (excludes halogenated alkanes) is 3. The molecule has 76 heavy (non-hydrogen) atoms. The van der Waals surface area contributed by atoms with E-state index in [0.717, 1.165) is 38.0 Å². The second-order valence-corrected chi connectivity index (χ2v) is 33.4. The lowest BCUT2D eigenvalue weighted by molar-refractivity contribution is 0.0695. The van der Waals surface area contributed by atoms with Gasteiger partial charge >= 0.3 is 0 Å². The molecular formula is C61H46BrNO2S11. The van der Waals surface area contributed by atoms with E-state index in [-0.39, 0.29) is 11.8 Å². The summed E-state index contributed by atoms with van der Waals surface area (Å²) in [5, 5.41) is 7.30. The zero-order chi connectivity index (χ0) is 52.0. The molecule has 12 heterocycles. The first kappa shape index (κ1) is 50.3. The van der Waals surface area contributed by atoms with Gasteiger partial charge in [0.2, 0.25) is 0 Å². The van der Waals surface area contributed by atoms with Crippen molar-refractivity contribution in [3.8, 4) is 71.0 Å². The Morgan fingerprint density at radius 2 is 0.842 bits per heavy atom. The lowest BCUT2D eigenvalue weighted by Crippen LogP contribution is -2.24. The van der Waals surface area contributed by atoms with E-state index >= 15 is 0 Å². The van der Waals surface area contributed by atoms with Gasteiger partial charge in [-0.2, -0.15) is 0 Å². The third kappa shape index (κ3) is 8.10. The lowest BCUT2D eigenvalue weighted by Gasteiger charge is -2.11. The van der Waals surface area contributed by atoms with Crippen LogP contribution in [0.4, 0.5) is 0 Å². The number of imide groups is 1. The highest BCUT2D eigenvalue weighted by atomic mass is 79.9. The highest BCUT2D eigenvalue weighted by Crippen LogP contribution is 2.59. The number of halogens is 1. The van der Waals surface area contributed by atoms with Crippen molar-refractivity contribution in [2.45, 2.75) is 73.6 Å². The minimum Gasteiger partial charge on any atom is -0.277 e. The van der Waals surface area contributed by atoms with Gasteiger partial charge in [0.1, 0.15) is 4.88 Å². The van der Waals surface area contributed by atoms with Crippen molar-refractivity contribution in [1.82, 2.24) is 4.90 Å². The van der Waals surface area contributed by atoms with Crippen molar-refractivity contribution in [1.29, 1.82) is 0 Å². The minimum absolute atomic E-state index is 0.192. The molecule has 380 valence electrons. The van der Waals surface area contributed by atoms with E-state index in [1.54, 1.807) is 18.4 Å². The molecule has 0 saturated heterocycles. The lowest BCUT2D eigenvalue weighted by atomic mass is 9.98. The molecule has 11 aromatic heterocycles. The molecule has 1 aliphatic heterocycles. The number of nitrogens with zero attached hydrogens (tertiary/aromatic N) is 1. The number of rotatable bonds is 13. The Bertz CT molecular complexity index is 4530. The third-order valence-electron chi connectivity index (χ3n) is 14.6. The summed E-state index contributed by atoms with van der Waals surface area (Å²) in [5.41, 5.74) is 7.45. The van der Waals surface area contributed by atoms with Gasteiger partial charge in [-0.1, -0.05) is 28.8 Å². The molecule has 0 unspecified atom stereocenters. The van der Waals surface area contributed by atoms with Crippen molar-refractivity contribution >= 4 is 203 Å². The number of carbonyl (C=O) groups is 2. The second-order valence-electron chi connectivity index (χ2n) is 19.8. The Kier molecular flexibility index (Phi) is 12.8. The van der Waals surface area contributed by atoms with E-state index in [9.17, 15) is 9.59 Å². The standard InChI is InChI=1S/C61H46BrNO2S11/c1-27-13-17-38(66-27)47-48(39-18-14-28(2)67-39)54-35(34-22-31(5)70-53(34)47)24-43(73-54)42-23-33(12-10-8-9-11-21-62)52(72-42)44-25-36-37-26-45(57-58-46(32(6)71-57)51-59(76-58)61(65)63(7)60(51)64)75-56(37)50(41-20-16-30(4)69-41)49(55(36)74-44)40-19-15-29(3)68-40/h13-20,22-26H,8-12,21H2,1-7H3. The van der Waals surface area contributed by atoms with Gasteiger partial charge in [0.25, 0.3) is 11.8 Å². The molecule has 0 saturated carbocycles. The molecular weight excluding hydrogens is 1210 g/mol. The van der Waals surface area contributed by atoms with E-state index in [1.807, 2.05) is 102 Å². The first-order valence-corrected chi connectivity index (χ1v) is 35.3. The summed E-state index contributed by atoms with van der Waals surface area (Å²) in [6.07, 6.45) is 5.83. The smallest absolute Gasteiger partial charge is 0.271 e. The predicted octanol–water partition coefficient (Wildman–Crippen LogP) is 23.4. The van der Waals surface area contributed by atoms with E-state index in [1.165, 1.54) is 172 Å². The molecule has 14 rings (SSSR count). The fourth-order valence-electron chi connectivity index (χ4n) is 11.1. The van der Waals surface area contributed by atoms with Gasteiger partial charge in [-0.25, -0.2) is 0 Å². The summed E-state index contributed by atoms with van der Waals surface area (Å²) in [6.45, 7) is 13.3. The molecule has 0 bridgehead atoms. The Balaban J connectivity index is 0.999. The highest BCUT2D eigenvalue weighted by Gasteiger charge is 2.39. The topological polar surface area (TPSA) is 37.4 Å². The zero-order valence-electron chi connectivity index (χ0n) is 42.4. The number of aryl methyl sites for hydroxylation is 7. The molecule has 15 heteroatoms. The molecule has 2 aromatic carbocycles. The molecule has 0 aliphatic carbocycles. The molecule has 0 N–H and O–H groups in total. The van der Waals surface area contributed by atoms with Crippen molar-refractivity contribution in [2.24, 2.45) is 0 Å². The number of alkyl halides is 1. The molecule has 0 radical (unpaired) electrons. The van der Waals surface area contributed by atoms with Crippen molar-refractivity contribution in [2.75, 3.05) is 12.4 Å². The number of fused-ring (bicyclic) bond motifs is 9. The van der Waals surface area contributed by atoms with Gasteiger partial charge in [0, 0.05) is 154 Å². The fourth-order valence-corrected chi connectivity index (χ4v) is 24.5. The molecule has 0 fully saturated rings. The largest absolute Gasteiger partial charge is 0.277 e. The van der Waals surface area contributed by atoms with Crippen LogP contribution in [0.25, 0.3) is 121 Å². The molecule has 0 spiro atoms. The van der Waals surface area contributed by atoms with Crippen LogP contribution in [0.3, 0.4) is 0 Å². The summed E-state index contributed by atoms with van der Waals surface area (Å²) < 4.78 is 6.45. The maximum absolute atomic E-state index is 13.5. The van der Waals surface area contributed by atoms with Crippen LogP contribution in [-0.2, 0) is 6.42 Å². The summed E-state index contributed by atoms with van der Waals surface area (Å²) in [4.78, 5) is 49.5. The van der Waals surface area contributed by atoms with E-state index in [2.05, 4.69) is 136 Å². The van der Waals surface area contributed by atoms with E-state index in [0.29, 0.717) is 10.4 Å². The van der Waals surface area contributed by atoms with Crippen LogP contribution < -0.4 is 0 Å². The van der Waals surface area contributed by atoms with Crippen LogP contribution in [0.2, 0.25) is 0 Å². The number of amides is 2. The maximum Gasteiger partial charge on any atom is 0.271 e. The van der Waals surface area contributed by atoms with Crippen molar-refractivity contribution in [3.63, 3.8) is 0 Å². The average molecular weight is 1260 g/mol. The summed E-state index contributed by atoms with van der Waals surface area (Å²) in [5.74, 6) is -0.386. The second kappa shape index (κ2) is 19.4. The van der Waals surface area contributed by atoms with Crippen LogP contribution >= 0.6 is 141 Å². The molecule has 2 amide bonds. The monoisotopic (exact) mass is 1250 g/mol. The first-order chi connectivity index (χ1) is 36.8. The number of hydrogen-bond acceptors (Lipinski definition) is 13. The highest BCUT2D eigenvalue weighted by molar-refractivity contribution is 9.09. The van der Waals surface area contributed by atoms with Gasteiger partial charge in [-0.3, -0.25) is 14.5 Å². The maximum atomic E-state index is 13.5. The summed E-state index contributed by atoms with van der Waals surface area (Å²) in [7, 11) is 1.60. The van der Waals surface area contributed by atoms with Gasteiger partial charge in [-0.05, 0) is 145 Å². The Morgan fingerprint density at radius 3 is 1.36 bits per heavy atom. The van der Waals surface area contributed by atoms with Gasteiger partial charge in [-0.15, -0.1) is 125 Å². The number of benzene rings is 2. The molecule has 13 aromatic rings. The van der Waals surface area contributed by atoms with Crippen LogP contribution in [0.5, 0.6) is 0 Å². The normalized spacial score (nSPS) is 13.1. The summed E-state index contributed by atoms with van der Waals surface area (Å²) in [6, 6.07) is 31.0. The quantitative estimate of drug-likeness (QED) is 0.0655. The minimum atomic E-state index is -0.194. The van der Waals surface area contributed by atoms with Crippen molar-refractivity contribution in [3.05, 3.63) is 124 Å². The van der Waals surface area contributed by atoms with E-state index in [4.69, 9.17) is 0 Å². The Morgan fingerprint density at radius 1 is 0.382 bits per heavy atom. The van der Waals surface area contributed by atoms with Crippen LogP contribution in [0.15, 0.2) is 78.9 Å². The van der Waals surface area contributed by atoms with Gasteiger partial charge in [0.15, 0.2) is 0 Å². The fraction of sp³-hybridized carbons (Fsp3) is 0.213. The summed E-state index contributed by atoms with van der Waals surface area (Å²) >= 11 is 24.3. The zero-order valence-corrected chi connectivity index (χ0v) is 52.9. The van der Waals surface area contributed by atoms with E-state index < -0.39 is 0 Å². The number of thiophene rings is 11. The molecule has 0 atom stereocenters. The number of carbonyl (C=O) groups excluding carboxylic acids is 2. The van der Waals surface area contributed by atoms with Gasteiger partial charge in [0.05, 0.1) is 15.1 Å².